The molecule has 3 heteroatoms. The molecule has 2 aliphatic carbocycles. The number of benzene rings is 11. The largest absolute Gasteiger partial charge is 0.309 e. The summed E-state index contributed by atoms with van der Waals surface area (Å²) in [7, 11) is 0. The maximum Gasteiger partial charge on any atom is 0.0736 e. The number of para-hydroxylation sites is 1. The summed E-state index contributed by atoms with van der Waals surface area (Å²) < 4.78 is 0. The Kier molecular flexibility index (Phi) is 9.03. The van der Waals surface area contributed by atoms with E-state index in [2.05, 4.69) is 266 Å². The van der Waals surface area contributed by atoms with E-state index in [-0.39, 0.29) is 0 Å². The van der Waals surface area contributed by atoms with Gasteiger partial charge in [0.15, 0.2) is 0 Å². The molecule has 4 aliphatic rings. The van der Waals surface area contributed by atoms with Crippen LogP contribution in [0.3, 0.4) is 0 Å². The SMILES string of the molecule is c1ccc(-c2ccc(-c3ccccc3N(c3ccc4c(c3)-c3ccccc3C43c4ccccc4Sc4ccccc43)c3cccc4c3-c3ccccc3C43c4ccccc4Sc4ccccc43)cc2)cc1. The molecule has 0 atom stereocenters. The van der Waals surface area contributed by atoms with Crippen molar-refractivity contribution in [1.29, 1.82) is 0 Å². The fourth-order valence-electron chi connectivity index (χ4n) is 12.8. The quantitative estimate of drug-likeness (QED) is 0.169. The summed E-state index contributed by atoms with van der Waals surface area (Å²) in [6.07, 6.45) is 0. The van der Waals surface area contributed by atoms with Gasteiger partial charge in [0.1, 0.15) is 0 Å². The van der Waals surface area contributed by atoms with Crippen LogP contribution in [0.4, 0.5) is 17.1 Å². The molecule has 0 unspecified atom stereocenters. The highest BCUT2D eigenvalue weighted by atomic mass is 32.2. The first-order valence-electron chi connectivity index (χ1n) is 24.5. The second-order valence-electron chi connectivity index (χ2n) is 19.0. The summed E-state index contributed by atoms with van der Waals surface area (Å²) >= 11 is 3.78. The predicted octanol–water partition coefficient (Wildman–Crippen LogP) is 18.1. The number of nitrogens with zero attached hydrogens (tertiary/aromatic N) is 1. The van der Waals surface area contributed by atoms with Gasteiger partial charge in [-0.2, -0.15) is 0 Å². The number of rotatable bonds is 5. The zero-order valence-corrected chi connectivity index (χ0v) is 40.2. The van der Waals surface area contributed by atoms with Crippen molar-refractivity contribution in [3.05, 3.63) is 305 Å². The minimum absolute atomic E-state index is 0.467. The van der Waals surface area contributed by atoms with Gasteiger partial charge in [0.2, 0.25) is 0 Å². The molecular formula is C68H43NS2. The Bertz CT molecular complexity index is 3870. The number of fused-ring (bicyclic) bond motifs is 18. The van der Waals surface area contributed by atoms with Crippen LogP contribution in [0.1, 0.15) is 44.5 Å². The third kappa shape index (κ3) is 5.68. The van der Waals surface area contributed by atoms with Crippen molar-refractivity contribution in [2.45, 2.75) is 30.4 Å². The molecular weight excluding hydrogens is 895 g/mol. The van der Waals surface area contributed by atoms with Gasteiger partial charge in [0.05, 0.1) is 22.2 Å². The monoisotopic (exact) mass is 937 g/mol. The average molecular weight is 938 g/mol. The zero-order chi connectivity index (χ0) is 46.7. The number of hydrogen-bond acceptors (Lipinski definition) is 3. The van der Waals surface area contributed by atoms with Crippen LogP contribution < -0.4 is 4.90 Å². The maximum absolute atomic E-state index is 2.58. The van der Waals surface area contributed by atoms with Gasteiger partial charge in [0, 0.05) is 36.4 Å². The highest BCUT2D eigenvalue weighted by Gasteiger charge is 2.52. The molecule has 2 heterocycles. The van der Waals surface area contributed by atoms with E-state index in [0.29, 0.717) is 0 Å². The van der Waals surface area contributed by atoms with Crippen molar-refractivity contribution < 1.29 is 0 Å². The molecule has 0 fully saturated rings. The fourth-order valence-corrected chi connectivity index (χ4v) is 15.2. The maximum atomic E-state index is 2.58. The predicted molar refractivity (Wildman–Crippen MR) is 295 cm³/mol. The van der Waals surface area contributed by atoms with Crippen LogP contribution in [-0.4, -0.2) is 0 Å². The second kappa shape index (κ2) is 15.7. The van der Waals surface area contributed by atoms with Crippen LogP contribution in [0.2, 0.25) is 0 Å². The summed E-state index contributed by atoms with van der Waals surface area (Å²) in [5, 5.41) is 0. The zero-order valence-electron chi connectivity index (χ0n) is 38.6. The van der Waals surface area contributed by atoms with Crippen molar-refractivity contribution in [2.75, 3.05) is 4.90 Å². The molecule has 71 heavy (non-hydrogen) atoms. The van der Waals surface area contributed by atoms with Crippen LogP contribution in [0.25, 0.3) is 44.5 Å². The van der Waals surface area contributed by atoms with Crippen LogP contribution in [0, 0.1) is 0 Å². The van der Waals surface area contributed by atoms with Gasteiger partial charge in [-0.25, -0.2) is 0 Å². The molecule has 0 bridgehead atoms. The van der Waals surface area contributed by atoms with E-state index in [1.807, 2.05) is 23.5 Å². The molecule has 0 saturated carbocycles. The van der Waals surface area contributed by atoms with Crippen molar-refractivity contribution >= 4 is 40.6 Å². The van der Waals surface area contributed by atoms with Gasteiger partial charge in [-0.05, 0) is 126 Å². The minimum Gasteiger partial charge on any atom is -0.309 e. The second-order valence-corrected chi connectivity index (χ2v) is 21.2. The van der Waals surface area contributed by atoms with Gasteiger partial charge >= 0.3 is 0 Å². The van der Waals surface area contributed by atoms with E-state index in [9.17, 15) is 0 Å². The molecule has 2 aliphatic heterocycles. The fraction of sp³-hybridized carbons (Fsp3) is 0.0294. The molecule has 332 valence electrons. The summed E-state index contributed by atoms with van der Waals surface area (Å²) in [5.74, 6) is 0. The summed E-state index contributed by atoms with van der Waals surface area (Å²) in [6, 6.07) is 98.0. The van der Waals surface area contributed by atoms with Gasteiger partial charge in [-0.1, -0.05) is 236 Å². The van der Waals surface area contributed by atoms with E-state index >= 15 is 0 Å². The van der Waals surface area contributed by atoms with Gasteiger partial charge in [-0.3, -0.25) is 0 Å². The number of anilines is 3. The van der Waals surface area contributed by atoms with E-state index in [0.717, 1.165) is 17.1 Å². The lowest BCUT2D eigenvalue weighted by Gasteiger charge is -2.40. The first kappa shape index (κ1) is 40.8. The van der Waals surface area contributed by atoms with E-state index < -0.39 is 10.8 Å². The lowest BCUT2D eigenvalue weighted by Crippen LogP contribution is -2.32. The Labute approximate surface area is 423 Å². The molecule has 15 rings (SSSR count). The van der Waals surface area contributed by atoms with E-state index in [1.54, 1.807) is 0 Å². The Morgan fingerprint density at radius 3 is 1.27 bits per heavy atom. The molecule has 11 aromatic carbocycles. The van der Waals surface area contributed by atoms with E-state index in [4.69, 9.17) is 0 Å². The first-order chi connectivity index (χ1) is 35.2. The number of hydrogen-bond donors (Lipinski definition) is 0. The van der Waals surface area contributed by atoms with Crippen molar-refractivity contribution in [3.8, 4) is 44.5 Å². The molecule has 1 nitrogen and oxygen atoms in total. The van der Waals surface area contributed by atoms with Crippen molar-refractivity contribution in [2.24, 2.45) is 0 Å². The third-order valence-corrected chi connectivity index (χ3v) is 17.9. The van der Waals surface area contributed by atoms with Crippen molar-refractivity contribution in [1.82, 2.24) is 0 Å². The average Bonchev–Trinajstić information content (AvgIpc) is 3.90. The van der Waals surface area contributed by atoms with Gasteiger partial charge in [0.25, 0.3) is 0 Å². The molecule has 0 radical (unpaired) electrons. The van der Waals surface area contributed by atoms with E-state index in [1.165, 1.54) is 109 Å². The third-order valence-electron chi connectivity index (χ3n) is 15.6. The van der Waals surface area contributed by atoms with Crippen LogP contribution >= 0.6 is 23.5 Å². The standard InChI is InChI=1S/C68H43NS2/c1-2-19-44(20-3-1)45-37-39-46(40-38-45)48-21-6-13-31-60(48)69(47-41-42-54-51(43-47)49-22-4-7-24-52(49)67(54)55-26-9-14-33-62(55)70-63-34-15-10-27-56(63)67)61-32-18-30-59-66(61)50-23-5-8-25-53(50)68(59)57-28-11-16-35-64(57)71-65-36-17-12-29-58(65)68/h1-43H. The molecule has 0 saturated heterocycles. The minimum atomic E-state index is -0.512. The van der Waals surface area contributed by atoms with Gasteiger partial charge < -0.3 is 4.90 Å². The Hall–Kier alpha value is -8.08. The highest BCUT2D eigenvalue weighted by molar-refractivity contribution is 7.99. The molecule has 0 aromatic heterocycles. The summed E-state index contributed by atoms with van der Waals surface area (Å²) in [5.41, 5.74) is 22.9. The Morgan fingerprint density at radius 1 is 0.254 bits per heavy atom. The Morgan fingerprint density at radius 2 is 0.662 bits per heavy atom. The normalized spacial score (nSPS) is 14.3. The highest BCUT2D eigenvalue weighted by Crippen LogP contribution is 2.66. The van der Waals surface area contributed by atoms with Crippen LogP contribution in [-0.2, 0) is 10.8 Å². The molecule has 11 aromatic rings. The van der Waals surface area contributed by atoms with Crippen molar-refractivity contribution in [3.63, 3.8) is 0 Å². The van der Waals surface area contributed by atoms with Gasteiger partial charge in [-0.15, -0.1) is 0 Å². The lowest BCUT2D eigenvalue weighted by molar-refractivity contribution is 0.722. The van der Waals surface area contributed by atoms with Crippen LogP contribution in [0.15, 0.2) is 280 Å². The molecule has 2 spiro atoms. The first-order valence-corrected chi connectivity index (χ1v) is 26.1. The van der Waals surface area contributed by atoms with Crippen LogP contribution in [0.5, 0.6) is 0 Å². The summed E-state index contributed by atoms with van der Waals surface area (Å²) in [6.45, 7) is 0. The lowest BCUT2D eigenvalue weighted by atomic mass is 9.67. The molecule has 0 amide bonds. The smallest absolute Gasteiger partial charge is 0.0736 e. The topological polar surface area (TPSA) is 3.24 Å². The Balaban J connectivity index is 1.02. The molecule has 0 N–H and O–H groups in total. The summed E-state index contributed by atoms with van der Waals surface area (Å²) in [4.78, 5) is 7.80.